The zero-order valence-electron chi connectivity index (χ0n) is 11.8. The van der Waals surface area contributed by atoms with E-state index in [0.29, 0.717) is 0 Å². The van der Waals surface area contributed by atoms with Crippen molar-refractivity contribution in [1.29, 1.82) is 5.26 Å². The van der Waals surface area contributed by atoms with Crippen LogP contribution in [-0.4, -0.2) is 31.9 Å². The summed E-state index contributed by atoms with van der Waals surface area (Å²) in [4.78, 5) is 22.1. The van der Waals surface area contributed by atoms with E-state index < -0.39 is 21.9 Å². The SMILES string of the molecule is N#C/C(=C/NCCC(=O)O)C(=O)Nc1ccc(S(N)(=O)=O)cc1. The quantitative estimate of drug-likeness (QED) is 0.302. The van der Waals surface area contributed by atoms with Crippen LogP contribution in [0, 0.1) is 11.3 Å². The summed E-state index contributed by atoms with van der Waals surface area (Å²) in [7, 11) is -3.83. The summed E-state index contributed by atoms with van der Waals surface area (Å²) in [6.45, 7) is 0.0663. The minimum atomic E-state index is -3.83. The van der Waals surface area contributed by atoms with Gasteiger partial charge in [-0.2, -0.15) is 5.26 Å². The molecule has 0 fully saturated rings. The Kier molecular flexibility index (Phi) is 6.25. The normalized spacial score (nSPS) is 11.4. The maximum Gasteiger partial charge on any atom is 0.305 e. The number of nitriles is 1. The third-order valence-electron chi connectivity index (χ3n) is 2.54. The van der Waals surface area contributed by atoms with Crippen LogP contribution in [-0.2, 0) is 19.6 Å². The molecule has 1 amide bonds. The third kappa shape index (κ3) is 6.16. The molecule has 0 aromatic heterocycles. The van der Waals surface area contributed by atoms with Gasteiger partial charge in [0.1, 0.15) is 11.6 Å². The molecule has 0 aliphatic rings. The first-order valence-electron chi connectivity index (χ1n) is 6.23. The lowest BCUT2D eigenvalue weighted by Crippen LogP contribution is -2.18. The molecular weight excluding hydrogens is 324 g/mol. The van der Waals surface area contributed by atoms with Crippen LogP contribution >= 0.6 is 0 Å². The molecule has 0 saturated heterocycles. The second-order valence-corrected chi connectivity index (χ2v) is 5.85. The number of hydrogen-bond donors (Lipinski definition) is 4. The second kappa shape index (κ2) is 7.92. The lowest BCUT2D eigenvalue weighted by atomic mass is 10.2. The van der Waals surface area contributed by atoms with E-state index in [-0.39, 0.29) is 29.1 Å². The number of nitrogens with one attached hydrogen (secondary N) is 2. The van der Waals surface area contributed by atoms with Gasteiger partial charge < -0.3 is 15.7 Å². The van der Waals surface area contributed by atoms with Gasteiger partial charge in [-0.05, 0) is 24.3 Å². The van der Waals surface area contributed by atoms with Gasteiger partial charge in [0.05, 0.1) is 11.3 Å². The number of aliphatic carboxylic acids is 1. The number of carbonyl (C=O) groups excluding carboxylic acids is 1. The van der Waals surface area contributed by atoms with Crippen LogP contribution in [0.4, 0.5) is 5.69 Å². The fourth-order valence-electron chi connectivity index (χ4n) is 1.43. The number of primary sulfonamides is 1. The summed E-state index contributed by atoms with van der Waals surface area (Å²) in [6.07, 6.45) is 0.947. The highest BCUT2D eigenvalue weighted by Crippen LogP contribution is 2.13. The van der Waals surface area contributed by atoms with E-state index in [1.807, 2.05) is 0 Å². The zero-order valence-corrected chi connectivity index (χ0v) is 12.6. The highest BCUT2D eigenvalue weighted by molar-refractivity contribution is 7.89. The monoisotopic (exact) mass is 338 g/mol. The number of hydrogen-bond acceptors (Lipinski definition) is 6. The summed E-state index contributed by atoms with van der Waals surface area (Å²) in [6, 6.07) is 6.75. The fourth-order valence-corrected chi connectivity index (χ4v) is 1.94. The van der Waals surface area contributed by atoms with Crippen LogP contribution in [0.5, 0.6) is 0 Å². The lowest BCUT2D eigenvalue weighted by Gasteiger charge is -2.05. The van der Waals surface area contributed by atoms with Crippen LogP contribution in [0.1, 0.15) is 6.42 Å². The number of carboxylic acid groups (broad SMARTS) is 1. The average molecular weight is 338 g/mol. The molecule has 0 atom stereocenters. The molecule has 0 heterocycles. The Labute approximate surface area is 132 Å². The van der Waals surface area contributed by atoms with Crippen molar-refractivity contribution >= 4 is 27.6 Å². The van der Waals surface area contributed by atoms with Gasteiger partial charge in [0.25, 0.3) is 5.91 Å². The molecule has 23 heavy (non-hydrogen) atoms. The number of amides is 1. The van der Waals surface area contributed by atoms with Crippen LogP contribution in [0.25, 0.3) is 0 Å². The molecule has 1 aromatic rings. The van der Waals surface area contributed by atoms with Gasteiger partial charge in [-0.3, -0.25) is 9.59 Å². The molecule has 0 aliphatic heterocycles. The molecular formula is C13H14N4O5S. The molecule has 0 saturated carbocycles. The van der Waals surface area contributed by atoms with Crippen molar-refractivity contribution in [2.24, 2.45) is 5.14 Å². The number of carboxylic acids is 1. The summed E-state index contributed by atoms with van der Waals surface area (Å²) in [5.41, 5.74) is 0.0139. The zero-order chi connectivity index (χ0) is 17.5. The molecule has 1 aromatic carbocycles. The fraction of sp³-hybridized carbons (Fsp3) is 0.154. The molecule has 122 valence electrons. The van der Waals surface area contributed by atoms with E-state index in [2.05, 4.69) is 10.6 Å². The van der Waals surface area contributed by atoms with Crippen LogP contribution in [0.2, 0.25) is 0 Å². The van der Waals surface area contributed by atoms with Gasteiger partial charge in [0.2, 0.25) is 10.0 Å². The lowest BCUT2D eigenvalue weighted by molar-refractivity contribution is -0.136. The predicted octanol–water partition coefficient (Wildman–Crippen LogP) is -0.256. The van der Waals surface area contributed by atoms with Crippen molar-refractivity contribution in [3.63, 3.8) is 0 Å². The first kappa shape index (κ1) is 18.1. The van der Waals surface area contributed by atoms with Crippen LogP contribution in [0.15, 0.2) is 40.9 Å². The molecule has 0 spiro atoms. The van der Waals surface area contributed by atoms with E-state index in [9.17, 15) is 18.0 Å². The second-order valence-electron chi connectivity index (χ2n) is 4.29. The topological polar surface area (TPSA) is 162 Å². The molecule has 0 radical (unpaired) electrons. The number of benzene rings is 1. The predicted molar refractivity (Wildman–Crippen MR) is 80.4 cm³/mol. The first-order valence-corrected chi connectivity index (χ1v) is 7.78. The molecule has 10 heteroatoms. The summed E-state index contributed by atoms with van der Waals surface area (Å²) in [5.74, 6) is -1.73. The number of anilines is 1. The van der Waals surface area contributed by atoms with E-state index in [1.165, 1.54) is 24.3 Å². The van der Waals surface area contributed by atoms with Crippen molar-refractivity contribution in [2.45, 2.75) is 11.3 Å². The van der Waals surface area contributed by atoms with Gasteiger partial charge in [0, 0.05) is 18.4 Å². The van der Waals surface area contributed by atoms with E-state index in [1.54, 1.807) is 6.07 Å². The standard InChI is InChI=1S/C13H14N4O5S/c14-7-9(8-16-6-5-12(18)19)13(20)17-10-1-3-11(4-2-10)23(15,21)22/h1-4,8,16H,5-6H2,(H,17,20)(H,18,19)(H2,15,21,22)/b9-8-. The maximum atomic E-state index is 11.9. The Balaban J connectivity index is 2.71. The summed E-state index contributed by atoms with van der Waals surface area (Å²) in [5, 5.41) is 27.3. The Morgan fingerprint density at radius 2 is 1.91 bits per heavy atom. The van der Waals surface area contributed by atoms with Crippen molar-refractivity contribution in [3.05, 3.63) is 36.0 Å². The Morgan fingerprint density at radius 3 is 2.39 bits per heavy atom. The largest absolute Gasteiger partial charge is 0.481 e. The van der Waals surface area contributed by atoms with Gasteiger partial charge in [-0.1, -0.05) is 0 Å². The van der Waals surface area contributed by atoms with Gasteiger partial charge >= 0.3 is 5.97 Å². The number of carbonyl (C=O) groups is 2. The molecule has 1 rings (SSSR count). The third-order valence-corrected chi connectivity index (χ3v) is 3.46. The van der Waals surface area contributed by atoms with Crippen molar-refractivity contribution in [1.82, 2.24) is 5.32 Å². The number of sulfonamides is 1. The van der Waals surface area contributed by atoms with Crippen LogP contribution < -0.4 is 15.8 Å². The Bertz CT molecular complexity index is 763. The minimum absolute atomic E-state index is 0.0663. The van der Waals surface area contributed by atoms with Crippen molar-refractivity contribution in [2.75, 3.05) is 11.9 Å². The molecule has 0 bridgehead atoms. The average Bonchev–Trinajstić information content (AvgIpc) is 2.46. The van der Waals surface area contributed by atoms with E-state index >= 15 is 0 Å². The van der Waals surface area contributed by atoms with E-state index in [0.717, 1.165) is 6.20 Å². The smallest absolute Gasteiger partial charge is 0.305 e. The number of nitrogens with zero attached hydrogens (tertiary/aromatic N) is 1. The van der Waals surface area contributed by atoms with Crippen LogP contribution in [0.3, 0.4) is 0 Å². The minimum Gasteiger partial charge on any atom is -0.481 e. The van der Waals surface area contributed by atoms with Gasteiger partial charge in [-0.25, -0.2) is 13.6 Å². The highest BCUT2D eigenvalue weighted by atomic mass is 32.2. The van der Waals surface area contributed by atoms with Crippen molar-refractivity contribution in [3.8, 4) is 6.07 Å². The van der Waals surface area contributed by atoms with E-state index in [4.69, 9.17) is 15.5 Å². The highest BCUT2D eigenvalue weighted by Gasteiger charge is 2.11. The molecule has 9 nitrogen and oxygen atoms in total. The maximum absolute atomic E-state index is 11.9. The Hall–Kier alpha value is -2.90. The van der Waals surface area contributed by atoms with Crippen molar-refractivity contribution < 1.29 is 23.1 Å². The molecule has 5 N–H and O–H groups in total. The summed E-state index contributed by atoms with van der Waals surface area (Å²) < 4.78 is 22.2. The Morgan fingerprint density at radius 1 is 1.30 bits per heavy atom. The first-order chi connectivity index (χ1) is 10.7. The summed E-state index contributed by atoms with van der Waals surface area (Å²) >= 11 is 0. The van der Waals surface area contributed by atoms with Gasteiger partial charge in [-0.15, -0.1) is 0 Å². The number of rotatable bonds is 7. The number of nitrogens with two attached hydrogens (primary N) is 1. The van der Waals surface area contributed by atoms with Gasteiger partial charge in [0.15, 0.2) is 0 Å². The molecule has 0 unspecified atom stereocenters. The molecule has 0 aliphatic carbocycles.